The maximum atomic E-state index is 6.16. The predicted octanol–water partition coefficient (Wildman–Crippen LogP) is 3.26. The Hall–Kier alpha value is -0.990. The smallest absolute Gasteiger partial charge is 0.127 e. The molecule has 0 aliphatic carbocycles. The van der Waals surface area contributed by atoms with Gasteiger partial charge in [-0.15, -0.1) is 0 Å². The third kappa shape index (κ3) is 2.16. The molecule has 0 atom stereocenters. The highest BCUT2D eigenvalue weighted by atomic mass is 15.2. The summed E-state index contributed by atoms with van der Waals surface area (Å²) in [6.07, 6.45) is 2.21. The van der Waals surface area contributed by atoms with Crippen LogP contribution in [0.25, 0.3) is 0 Å². The fourth-order valence-electron chi connectivity index (χ4n) is 2.21. The molecule has 1 aromatic heterocycles. The number of hydrogen-bond donors (Lipinski definition) is 1. The van der Waals surface area contributed by atoms with Crippen molar-refractivity contribution in [3.8, 4) is 0 Å². The van der Waals surface area contributed by atoms with Crippen molar-refractivity contribution in [2.45, 2.75) is 59.4 Å². The number of hydrogen-bond acceptors (Lipinski definition) is 2. The van der Waals surface area contributed by atoms with E-state index >= 15 is 0 Å². The van der Waals surface area contributed by atoms with Gasteiger partial charge in [-0.05, 0) is 33.6 Å². The Morgan fingerprint density at radius 2 is 1.80 bits per heavy atom. The van der Waals surface area contributed by atoms with Gasteiger partial charge in [-0.25, -0.2) is 4.98 Å². The van der Waals surface area contributed by atoms with Gasteiger partial charge >= 0.3 is 0 Å². The van der Waals surface area contributed by atoms with Crippen molar-refractivity contribution in [1.82, 2.24) is 9.55 Å². The molecule has 0 aromatic carbocycles. The first-order valence-corrected chi connectivity index (χ1v) is 5.87. The number of imidazole rings is 1. The molecule has 0 unspecified atom stereocenters. The summed E-state index contributed by atoms with van der Waals surface area (Å²) in [7, 11) is 0. The van der Waals surface area contributed by atoms with E-state index in [2.05, 4.69) is 37.2 Å². The van der Waals surface area contributed by atoms with Crippen molar-refractivity contribution < 1.29 is 0 Å². The van der Waals surface area contributed by atoms with Crippen LogP contribution in [0.15, 0.2) is 0 Å². The van der Waals surface area contributed by atoms with Crippen molar-refractivity contribution >= 4 is 5.82 Å². The van der Waals surface area contributed by atoms with E-state index in [0.717, 1.165) is 30.2 Å². The first-order valence-electron chi connectivity index (χ1n) is 5.87. The van der Waals surface area contributed by atoms with Gasteiger partial charge in [-0.1, -0.05) is 13.8 Å². The number of anilines is 1. The minimum absolute atomic E-state index is 0.389. The molecule has 0 saturated carbocycles. The Bertz CT molecular complexity index is 322. The van der Waals surface area contributed by atoms with Gasteiger partial charge < -0.3 is 10.3 Å². The molecular formula is C12H23N3. The first-order chi connectivity index (χ1) is 7.02. The molecule has 0 aliphatic heterocycles. The summed E-state index contributed by atoms with van der Waals surface area (Å²) in [6.45, 7) is 10.7. The van der Waals surface area contributed by atoms with Crippen molar-refractivity contribution in [2.75, 3.05) is 5.73 Å². The third-order valence-electron chi connectivity index (χ3n) is 3.04. The maximum Gasteiger partial charge on any atom is 0.127 e. The molecule has 0 amide bonds. The van der Waals surface area contributed by atoms with Gasteiger partial charge in [0.1, 0.15) is 11.6 Å². The van der Waals surface area contributed by atoms with E-state index in [1.54, 1.807) is 0 Å². The van der Waals surface area contributed by atoms with Crippen LogP contribution in [0.5, 0.6) is 0 Å². The lowest BCUT2D eigenvalue weighted by atomic mass is 9.99. The van der Waals surface area contributed by atoms with E-state index in [4.69, 9.17) is 5.73 Å². The lowest BCUT2D eigenvalue weighted by molar-refractivity contribution is 0.589. The summed E-state index contributed by atoms with van der Waals surface area (Å²) in [4.78, 5) is 4.61. The van der Waals surface area contributed by atoms with Crippen molar-refractivity contribution in [3.63, 3.8) is 0 Å². The summed E-state index contributed by atoms with van der Waals surface area (Å²) in [5.41, 5.74) is 7.25. The molecule has 2 N–H and O–H groups in total. The maximum absolute atomic E-state index is 6.16. The van der Waals surface area contributed by atoms with Gasteiger partial charge in [-0.3, -0.25) is 0 Å². The third-order valence-corrected chi connectivity index (χ3v) is 3.04. The van der Waals surface area contributed by atoms with Crippen molar-refractivity contribution in [1.29, 1.82) is 0 Å². The van der Waals surface area contributed by atoms with Crippen LogP contribution >= 0.6 is 0 Å². The molecule has 0 spiro atoms. The van der Waals surface area contributed by atoms with E-state index in [-0.39, 0.29) is 0 Å². The van der Waals surface area contributed by atoms with Gasteiger partial charge in [0.15, 0.2) is 0 Å². The largest absolute Gasteiger partial charge is 0.384 e. The Morgan fingerprint density at radius 3 is 2.13 bits per heavy atom. The first kappa shape index (κ1) is 12.1. The average Bonchev–Trinajstić information content (AvgIpc) is 2.44. The van der Waals surface area contributed by atoms with Crippen LogP contribution in [0, 0.1) is 6.92 Å². The second-order valence-electron chi connectivity index (χ2n) is 4.41. The van der Waals surface area contributed by atoms with Crippen molar-refractivity contribution in [3.05, 3.63) is 11.5 Å². The highest BCUT2D eigenvalue weighted by Crippen LogP contribution is 2.29. The van der Waals surface area contributed by atoms with Gasteiger partial charge in [0.05, 0.1) is 5.69 Å². The molecule has 1 rings (SSSR count). The Morgan fingerprint density at radius 1 is 1.27 bits per heavy atom. The fourth-order valence-corrected chi connectivity index (χ4v) is 2.21. The molecule has 0 fully saturated rings. The standard InChI is InChI=1S/C12H23N3/c1-6-10(7-2)11-12(13)15(8(3)4)9(5)14-11/h8,10H,6-7,13H2,1-5H3. The topological polar surface area (TPSA) is 43.8 Å². The van der Waals surface area contributed by atoms with E-state index in [9.17, 15) is 0 Å². The summed E-state index contributed by atoms with van der Waals surface area (Å²) in [5, 5.41) is 0. The van der Waals surface area contributed by atoms with Gasteiger partial charge in [0, 0.05) is 12.0 Å². The minimum Gasteiger partial charge on any atom is -0.384 e. The summed E-state index contributed by atoms with van der Waals surface area (Å²) >= 11 is 0. The minimum atomic E-state index is 0.389. The van der Waals surface area contributed by atoms with E-state index < -0.39 is 0 Å². The molecule has 0 radical (unpaired) electrons. The van der Waals surface area contributed by atoms with Crippen LogP contribution in [0.3, 0.4) is 0 Å². The molecule has 1 aromatic rings. The molecular weight excluding hydrogens is 186 g/mol. The zero-order chi connectivity index (χ0) is 11.6. The number of nitrogens with two attached hydrogens (primary N) is 1. The van der Waals surface area contributed by atoms with E-state index in [1.807, 2.05) is 6.92 Å². The average molecular weight is 209 g/mol. The monoisotopic (exact) mass is 209 g/mol. The number of aromatic nitrogens is 2. The molecule has 0 aliphatic rings. The Kier molecular flexibility index (Phi) is 3.77. The molecule has 3 heteroatoms. The predicted molar refractivity (Wildman–Crippen MR) is 65.1 cm³/mol. The number of nitrogen functional groups attached to an aromatic ring is 1. The normalized spacial score (nSPS) is 11.7. The van der Waals surface area contributed by atoms with Crippen LogP contribution < -0.4 is 5.73 Å². The quantitative estimate of drug-likeness (QED) is 0.827. The number of nitrogens with zero attached hydrogens (tertiary/aromatic N) is 2. The Labute approximate surface area is 92.7 Å². The van der Waals surface area contributed by atoms with Gasteiger partial charge in [0.2, 0.25) is 0 Å². The Balaban J connectivity index is 3.16. The summed E-state index contributed by atoms with van der Waals surface area (Å²) in [6, 6.07) is 0.389. The molecule has 3 nitrogen and oxygen atoms in total. The second kappa shape index (κ2) is 4.69. The van der Waals surface area contributed by atoms with Crippen LogP contribution in [-0.4, -0.2) is 9.55 Å². The highest BCUT2D eigenvalue weighted by molar-refractivity contribution is 5.41. The van der Waals surface area contributed by atoms with Crippen LogP contribution in [0.4, 0.5) is 5.82 Å². The zero-order valence-corrected chi connectivity index (χ0v) is 10.5. The SMILES string of the molecule is CCC(CC)c1nc(C)n(C(C)C)c1N. The van der Waals surface area contributed by atoms with E-state index in [1.165, 1.54) is 0 Å². The fraction of sp³-hybridized carbons (Fsp3) is 0.750. The number of aryl methyl sites for hydroxylation is 1. The molecule has 0 saturated heterocycles. The summed E-state index contributed by atoms with van der Waals surface area (Å²) < 4.78 is 2.12. The van der Waals surface area contributed by atoms with Crippen LogP contribution in [0.1, 0.15) is 64.0 Å². The van der Waals surface area contributed by atoms with E-state index in [0.29, 0.717) is 12.0 Å². The van der Waals surface area contributed by atoms with Gasteiger partial charge in [0.25, 0.3) is 0 Å². The molecule has 86 valence electrons. The van der Waals surface area contributed by atoms with Crippen LogP contribution in [0.2, 0.25) is 0 Å². The molecule has 15 heavy (non-hydrogen) atoms. The number of rotatable bonds is 4. The molecule has 0 bridgehead atoms. The van der Waals surface area contributed by atoms with Crippen LogP contribution in [-0.2, 0) is 0 Å². The lowest BCUT2D eigenvalue weighted by Crippen LogP contribution is -2.08. The summed E-state index contributed by atoms with van der Waals surface area (Å²) in [5.74, 6) is 2.39. The highest BCUT2D eigenvalue weighted by Gasteiger charge is 2.19. The zero-order valence-electron chi connectivity index (χ0n) is 10.5. The van der Waals surface area contributed by atoms with Gasteiger partial charge in [-0.2, -0.15) is 0 Å². The second-order valence-corrected chi connectivity index (χ2v) is 4.41. The lowest BCUT2D eigenvalue weighted by Gasteiger charge is -2.13. The molecule has 1 heterocycles. The van der Waals surface area contributed by atoms with Crippen molar-refractivity contribution in [2.24, 2.45) is 0 Å².